The molecule has 1 aliphatic heterocycles. The molecular weight excluding hydrogens is 384 g/mol. The first-order valence-corrected chi connectivity index (χ1v) is 11.4. The van der Waals surface area contributed by atoms with Gasteiger partial charge in [-0.3, -0.25) is 9.89 Å². The summed E-state index contributed by atoms with van der Waals surface area (Å²) in [6, 6.07) is 19.7. The summed E-state index contributed by atoms with van der Waals surface area (Å²) in [5.74, 6) is 0.873. The molecule has 0 atom stereocenters. The molecular formula is C26H38N4O. The van der Waals surface area contributed by atoms with Gasteiger partial charge in [0.1, 0.15) is 0 Å². The Hall–Kier alpha value is -2.37. The summed E-state index contributed by atoms with van der Waals surface area (Å²) in [5, 5.41) is 7.08. The average molecular weight is 423 g/mol. The van der Waals surface area contributed by atoms with Gasteiger partial charge in [0.2, 0.25) is 0 Å². The van der Waals surface area contributed by atoms with Gasteiger partial charge in [-0.15, -0.1) is 0 Å². The van der Waals surface area contributed by atoms with Crippen LogP contribution < -0.4 is 10.6 Å². The smallest absolute Gasteiger partial charge is 0.191 e. The Bertz CT molecular complexity index is 821. The number of guanidine groups is 1. The molecule has 1 heterocycles. The number of benzene rings is 2. The van der Waals surface area contributed by atoms with Crippen molar-refractivity contribution in [3.05, 3.63) is 71.3 Å². The molecule has 2 N–H and O–H groups in total. The number of rotatable bonds is 7. The first-order chi connectivity index (χ1) is 14.9. The number of nitrogens with zero attached hydrogens (tertiary/aromatic N) is 2. The van der Waals surface area contributed by atoms with Gasteiger partial charge in [0.15, 0.2) is 5.96 Å². The predicted molar refractivity (Wildman–Crippen MR) is 129 cm³/mol. The molecule has 0 aliphatic carbocycles. The zero-order chi connectivity index (χ0) is 22.1. The molecule has 0 saturated carbocycles. The first kappa shape index (κ1) is 23.3. The molecule has 0 bridgehead atoms. The molecule has 0 aromatic heterocycles. The van der Waals surface area contributed by atoms with Crippen molar-refractivity contribution >= 4 is 5.96 Å². The molecule has 2 aromatic carbocycles. The fourth-order valence-electron chi connectivity index (χ4n) is 3.78. The number of piperidine rings is 1. The van der Waals surface area contributed by atoms with Crippen LogP contribution in [0.15, 0.2) is 59.6 Å². The third-order valence-corrected chi connectivity index (χ3v) is 5.52. The van der Waals surface area contributed by atoms with E-state index in [-0.39, 0.29) is 5.60 Å². The first-order valence-electron chi connectivity index (χ1n) is 11.4. The van der Waals surface area contributed by atoms with Crippen molar-refractivity contribution in [1.82, 2.24) is 15.5 Å². The summed E-state index contributed by atoms with van der Waals surface area (Å²) in [4.78, 5) is 6.97. The van der Waals surface area contributed by atoms with Crippen molar-refractivity contribution in [3.8, 4) is 0 Å². The van der Waals surface area contributed by atoms with E-state index in [0.717, 1.165) is 45.0 Å². The minimum atomic E-state index is -0.128. The second-order valence-electron chi connectivity index (χ2n) is 9.33. The number of hydrogen-bond donors (Lipinski definition) is 2. The third kappa shape index (κ3) is 8.35. The molecule has 0 amide bonds. The van der Waals surface area contributed by atoms with Crippen molar-refractivity contribution in [3.63, 3.8) is 0 Å². The van der Waals surface area contributed by atoms with Gasteiger partial charge >= 0.3 is 0 Å². The molecule has 1 fully saturated rings. The number of hydrogen-bond acceptors (Lipinski definition) is 3. The summed E-state index contributed by atoms with van der Waals surface area (Å²) >= 11 is 0. The summed E-state index contributed by atoms with van der Waals surface area (Å²) in [7, 11) is 1.84. The lowest BCUT2D eigenvalue weighted by Crippen LogP contribution is -2.48. The Morgan fingerprint density at radius 3 is 2.35 bits per heavy atom. The largest absolute Gasteiger partial charge is 0.371 e. The second kappa shape index (κ2) is 11.3. The van der Waals surface area contributed by atoms with E-state index in [1.54, 1.807) is 0 Å². The van der Waals surface area contributed by atoms with Crippen LogP contribution in [0.1, 0.15) is 50.3 Å². The molecule has 0 unspecified atom stereocenters. The van der Waals surface area contributed by atoms with Crippen molar-refractivity contribution in [2.24, 2.45) is 4.99 Å². The van der Waals surface area contributed by atoms with Crippen LogP contribution in [0, 0.1) is 0 Å². The molecule has 2 aromatic rings. The predicted octanol–water partition coefficient (Wildman–Crippen LogP) is 4.33. The summed E-state index contributed by atoms with van der Waals surface area (Å²) in [6.45, 7) is 10.9. The lowest BCUT2D eigenvalue weighted by molar-refractivity contribution is -0.0149. The van der Waals surface area contributed by atoms with Crippen LogP contribution in [0.3, 0.4) is 0 Å². The van der Waals surface area contributed by atoms with Crippen LogP contribution in [0.25, 0.3) is 0 Å². The molecule has 0 spiro atoms. The number of likely N-dealkylation sites (tertiary alicyclic amines) is 1. The molecule has 1 saturated heterocycles. The van der Waals surface area contributed by atoms with Crippen LogP contribution in [-0.2, 0) is 24.4 Å². The highest BCUT2D eigenvalue weighted by Gasteiger charge is 2.20. The van der Waals surface area contributed by atoms with E-state index in [4.69, 9.17) is 4.74 Å². The molecule has 5 nitrogen and oxygen atoms in total. The molecule has 5 heteroatoms. The highest BCUT2D eigenvalue weighted by atomic mass is 16.5. The molecule has 31 heavy (non-hydrogen) atoms. The zero-order valence-corrected chi connectivity index (χ0v) is 19.5. The Labute approximate surface area is 187 Å². The maximum atomic E-state index is 5.90. The van der Waals surface area contributed by atoms with E-state index in [2.05, 4.69) is 95.9 Å². The molecule has 1 aliphatic rings. The van der Waals surface area contributed by atoms with E-state index in [0.29, 0.717) is 12.6 Å². The Morgan fingerprint density at radius 1 is 1.00 bits per heavy atom. The minimum absolute atomic E-state index is 0.128. The monoisotopic (exact) mass is 422 g/mol. The SMILES string of the molecule is CN=C(NCc1cccc(COC(C)(C)C)c1)NC1CCN(Cc2ccccc2)CC1. The highest BCUT2D eigenvalue weighted by molar-refractivity contribution is 5.79. The van der Waals surface area contributed by atoms with Gasteiger partial charge in [-0.25, -0.2) is 0 Å². The molecule has 0 radical (unpaired) electrons. The Kier molecular flexibility index (Phi) is 8.50. The van der Waals surface area contributed by atoms with Gasteiger partial charge in [-0.05, 0) is 50.3 Å². The fourth-order valence-corrected chi connectivity index (χ4v) is 3.78. The van der Waals surface area contributed by atoms with E-state index >= 15 is 0 Å². The molecule has 168 valence electrons. The van der Waals surface area contributed by atoms with Gasteiger partial charge < -0.3 is 15.4 Å². The number of aliphatic imine (C=N–C) groups is 1. The van der Waals surface area contributed by atoms with Crippen LogP contribution in [0.2, 0.25) is 0 Å². The van der Waals surface area contributed by atoms with Crippen molar-refractivity contribution in [2.75, 3.05) is 20.1 Å². The minimum Gasteiger partial charge on any atom is -0.371 e. The maximum absolute atomic E-state index is 5.90. The van der Waals surface area contributed by atoms with Crippen molar-refractivity contribution < 1.29 is 4.74 Å². The van der Waals surface area contributed by atoms with E-state index < -0.39 is 0 Å². The lowest BCUT2D eigenvalue weighted by atomic mass is 10.0. The number of nitrogens with one attached hydrogen (secondary N) is 2. The molecule has 3 rings (SSSR count). The average Bonchev–Trinajstić information content (AvgIpc) is 2.77. The van der Waals surface area contributed by atoms with Crippen LogP contribution in [0.5, 0.6) is 0 Å². The van der Waals surface area contributed by atoms with E-state index in [9.17, 15) is 0 Å². The standard InChI is InChI=1S/C26H38N4O/c1-26(2,3)31-20-23-12-8-11-22(17-23)18-28-25(27-4)29-24-13-15-30(16-14-24)19-21-9-6-5-7-10-21/h5-12,17,24H,13-16,18-20H2,1-4H3,(H2,27,28,29). The van der Waals surface area contributed by atoms with Crippen LogP contribution in [0.4, 0.5) is 0 Å². The second-order valence-corrected chi connectivity index (χ2v) is 9.33. The quantitative estimate of drug-likeness (QED) is 0.515. The van der Waals surface area contributed by atoms with Crippen LogP contribution in [-0.4, -0.2) is 42.6 Å². The normalized spacial score (nSPS) is 16.3. The Morgan fingerprint density at radius 2 is 1.68 bits per heavy atom. The maximum Gasteiger partial charge on any atom is 0.191 e. The van der Waals surface area contributed by atoms with E-state index in [1.165, 1.54) is 16.7 Å². The van der Waals surface area contributed by atoms with Gasteiger partial charge in [0.05, 0.1) is 12.2 Å². The Balaban J connectivity index is 1.42. The topological polar surface area (TPSA) is 48.9 Å². The fraction of sp³-hybridized carbons (Fsp3) is 0.500. The van der Waals surface area contributed by atoms with Crippen molar-refractivity contribution in [2.45, 2.75) is 65.0 Å². The van der Waals surface area contributed by atoms with Gasteiger partial charge in [0, 0.05) is 39.3 Å². The number of ether oxygens (including phenoxy) is 1. The van der Waals surface area contributed by atoms with E-state index in [1.807, 2.05) is 7.05 Å². The third-order valence-electron chi connectivity index (χ3n) is 5.52. The lowest BCUT2D eigenvalue weighted by Gasteiger charge is -2.33. The van der Waals surface area contributed by atoms with Crippen molar-refractivity contribution in [1.29, 1.82) is 0 Å². The van der Waals surface area contributed by atoms with Gasteiger partial charge in [0.25, 0.3) is 0 Å². The zero-order valence-electron chi connectivity index (χ0n) is 19.5. The summed E-state index contributed by atoms with van der Waals surface area (Å²) < 4.78 is 5.90. The summed E-state index contributed by atoms with van der Waals surface area (Å²) in [5.41, 5.74) is 3.69. The van der Waals surface area contributed by atoms with Crippen LogP contribution >= 0.6 is 0 Å². The van der Waals surface area contributed by atoms with Gasteiger partial charge in [-0.1, -0.05) is 54.6 Å². The highest BCUT2D eigenvalue weighted by Crippen LogP contribution is 2.15. The van der Waals surface area contributed by atoms with Gasteiger partial charge in [-0.2, -0.15) is 0 Å². The summed E-state index contributed by atoms with van der Waals surface area (Å²) in [6.07, 6.45) is 2.26.